The SMILES string of the molecule is CC(Sc1ncccc1C(=O)O)C(=O)Nc1ccccc1. The third-order valence-electron chi connectivity index (χ3n) is 2.70. The molecular weight excluding hydrogens is 288 g/mol. The van der Waals surface area contributed by atoms with E-state index in [0.29, 0.717) is 10.7 Å². The summed E-state index contributed by atoms with van der Waals surface area (Å²) in [7, 11) is 0. The number of nitrogens with one attached hydrogen (secondary N) is 1. The summed E-state index contributed by atoms with van der Waals surface area (Å²) in [4.78, 5) is 27.2. The fourth-order valence-electron chi connectivity index (χ4n) is 1.63. The molecule has 6 heteroatoms. The van der Waals surface area contributed by atoms with Gasteiger partial charge in [0.15, 0.2) is 0 Å². The van der Waals surface area contributed by atoms with Crippen LogP contribution in [0.4, 0.5) is 5.69 Å². The molecule has 2 rings (SSSR count). The molecule has 0 radical (unpaired) electrons. The van der Waals surface area contributed by atoms with Crippen molar-refractivity contribution in [3.8, 4) is 0 Å². The highest BCUT2D eigenvalue weighted by Crippen LogP contribution is 2.25. The van der Waals surface area contributed by atoms with Gasteiger partial charge in [-0.25, -0.2) is 9.78 Å². The van der Waals surface area contributed by atoms with Gasteiger partial charge in [-0.3, -0.25) is 4.79 Å². The Balaban J connectivity index is 2.06. The third kappa shape index (κ3) is 4.06. The number of anilines is 1. The van der Waals surface area contributed by atoms with E-state index in [-0.39, 0.29) is 11.5 Å². The smallest absolute Gasteiger partial charge is 0.338 e. The van der Waals surface area contributed by atoms with Gasteiger partial charge in [0, 0.05) is 11.9 Å². The maximum absolute atomic E-state index is 12.1. The van der Waals surface area contributed by atoms with Crippen molar-refractivity contribution in [3.05, 3.63) is 54.2 Å². The molecule has 0 fully saturated rings. The number of thioether (sulfide) groups is 1. The van der Waals surface area contributed by atoms with Gasteiger partial charge in [-0.05, 0) is 31.2 Å². The summed E-state index contributed by atoms with van der Waals surface area (Å²) in [5.74, 6) is -1.26. The molecule has 1 atom stereocenters. The number of carbonyl (C=O) groups excluding carboxylic acids is 1. The quantitative estimate of drug-likeness (QED) is 0.830. The minimum Gasteiger partial charge on any atom is -0.478 e. The Morgan fingerprint density at radius 3 is 2.57 bits per heavy atom. The second-order valence-corrected chi connectivity index (χ2v) is 5.61. The number of carboxylic acid groups (broad SMARTS) is 1. The second kappa shape index (κ2) is 6.90. The van der Waals surface area contributed by atoms with Gasteiger partial charge in [-0.1, -0.05) is 30.0 Å². The summed E-state index contributed by atoms with van der Waals surface area (Å²) in [5, 5.41) is 11.7. The van der Waals surface area contributed by atoms with Crippen molar-refractivity contribution in [2.45, 2.75) is 17.2 Å². The standard InChI is InChI=1S/C15H14N2O3S/c1-10(13(18)17-11-6-3-2-4-7-11)21-14-12(15(19)20)8-5-9-16-14/h2-10H,1H3,(H,17,18)(H,19,20). The summed E-state index contributed by atoms with van der Waals surface area (Å²) in [6, 6.07) is 12.1. The molecule has 0 spiro atoms. The number of para-hydroxylation sites is 1. The van der Waals surface area contributed by atoms with Gasteiger partial charge in [-0.2, -0.15) is 0 Å². The number of rotatable bonds is 5. The highest BCUT2D eigenvalue weighted by atomic mass is 32.2. The molecule has 0 aliphatic carbocycles. The lowest BCUT2D eigenvalue weighted by Crippen LogP contribution is -2.22. The topological polar surface area (TPSA) is 79.3 Å². The van der Waals surface area contributed by atoms with Crippen molar-refractivity contribution >= 4 is 29.3 Å². The van der Waals surface area contributed by atoms with E-state index >= 15 is 0 Å². The second-order valence-electron chi connectivity index (χ2n) is 4.28. The zero-order chi connectivity index (χ0) is 15.2. The first-order valence-corrected chi connectivity index (χ1v) is 7.17. The number of aromatic carboxylic acids is 1. The molecule has 1 heterocycles. The zero-order valence-corrected chi connectivity index (χ0v) is 12.1. The Hall–Kier alpha value is -2.34. The number of nitrogens with zero attached hydrogens (tertiary/aromatic N) is 1. The van der Waals surface area contributed by atoms with Crippen LogP contribution in [-0.4, -0.2) is 27.2 Å². The lowest BCUT2D eigenvalue weighted by atomic mass is 10.3. The van der Waals surface area contributed by atoms with Crippen molar-refractivity contribution in [1.29, 1.82) is 0 Å². The Bertz CT molecular complexity index is 646. The molecule has 21 heavy (non-hydrogen) atoms. The average molecular weight is 302 g/mol. The van der Waals surface area contributed by atoms with Crippen LogP contribution in [0.25, 0.3) is 0 Å². The van der Waals surface area contributed by atoms with Gasteiger partial charge in [-0.15, -0.1) is 0 Å². The number of amides is 1. The van der Waals surface area contributed by atoms with E-state index in [1.54, 1.807) is 25.1 Å². The van der Waals surface area contributed by atoms with Gasteiger partial charge in [0.2, 0.25) is 5.91 Å². The van der Waals surface area contributed by atoms with Crippen LogP contribution in [0, 0.1) is 0 Å². The number of carboxylic acids is 1. The van der Waals surface area contributed by atoms with E-state index in [0.717, 1.165) is 11.8 Å². The molecule has 0 saturated carbocycles. The zero-order valence-electron chi connectivity index (χ0n) is 11.3. The van der Waals surface area contributed by atoms with Gasteiger partial charge < -0.3 is 10.4 Å². The number of benzene rings is 1. The van der Waals surface area contributed by atoms with Crippen LogP contribution in [0.5, 0.6) is 0 Å². The van der Waals surface area contributed by atoms with Gasteiger partial charge in [0.1, 0.15) is 5.03 Å². The summed E-state index contributed by atoms with van der Waals surface area (Å²) < 4.78 is 0. The van der Waals surface area contributed by atoms with Crippen molar-refractivity contribution < 1.29 is 14.7 Å². The van der Waals surface area contributed by atoms with Crippen molar-refractivity contribution in [3.63, 3.8) is 0 Å². The molecule has 1 amide bonds. The Kier molecular flexibility index (Phi) is 4.94. The molecule has 0 aliphatic heterocycles. The van der Waals surface area contributed by atoms with Crippen molar-refractivity contribution in [2.24, 2.45) is 0 Å². The summed E-state index contributed by atoms with van der Waals surface area (Å²) >= 11 is 1.12. The predicted molar refractivity (Wildman–Crippen MR) is 81.6 cm³/mol. The number of carbonyl (C=O) groups is 2. The number of aromatic nitrogens is 1. The minimum atomic E-state index is -1.05. The van der Waals surface area contributed by atoms with Gasteiger partial charge >= 0.3 is 5.97 Å². The van der Waals surface area contributed by atoms with E-state index in [9.17, 15) is 9.59 Å². The van der Waals surface area contributed by atoms with Gasteiger partial charge in [0.05, 0.1) is 10.8 Å². The highest BCUT2D eigenvalue weighted by molar-refractivity contribution is 8.00. The van der Waals surface area contributed by atoms with E-state index in [2.05, 4.69) is 10.3 Å². The highest BCUT2D eigenvalue weighted by Gasteiger charge is 2.19. The maximum atomic E-state index is 12.1. The molecule has 2 N–H and O–H groups in total. The number of hydrogen-bond acceptors (Lipinski definition) is 4. The first-order chi connectivity index (χ1) is 10.1. The fourth-order valence-corrected chi connectivity index (χ4v) is 2.54. The molecule has 1 unspecified atom stereocenters. The average Bonchev–Trinajstić information content (AvgIpc) is 2.48. The number of hydrogen-bond donors (Lipinski definition) is 2. The first-order valence-electron chi connectivity index (χ1n) is 6.29. The normalized spacial score (nSPS) is 11.7. The van der Waals surface area contributed by atoms with Crippen LogP contribution >= 0.6 is 11.8 Å². The lowest BCUT2D eigenvalue weighted by Gasteiger charge is -2.12. The summed E-state index contributed by atoms with van der Waals surface area (Å²) in [6.45, 7) is 1.71. The van der Waals surface area contributed by atoms with E-state index in [1.807, 2.05) is 18.2 Å². The summed E-state index contributed by atoms with van der Waals surface area (Å²) in [5.41, 5.74) is 0.802. The molecular formula is C15H14N2O3S. The van der Waals surface area contributed by atoms with E-state index in [1.165, 1.54) is 12.3 Å². The fraction of sp³-hybridized carbons (Fsp3) is 0.133. The Morgan fingerprint density at radius 2 is 1.90 bits per heavy atom. The minimum absolute atomic E-state index is 0.0989. The molecule has 5 nitrogen and oxygen atoms in total. The molecule has 0 saturated heterocycles. The predicted octanol–water partition coefficient (Wildman–Crippen LogP) is 2.90. The van der Waals surface area contributed by atoms with Crippen LogP contribution < -0.4 is 5.32 Å². The van der Waals surface area contributed by atoms with E-state index < -0.39 is 11.2 Å². The molecule has 1 aromatic carbocycles. The van der Waals surface area contributed by atoms with Crippen LogP contribution in [0.3, 0.4) is 0 Å². The van der Waals surface area contributed by atoms with Crippen molar-refractivity contribution in [2.75, 3.05) is 5.32 Å². The maximum Gasteiger partial charge on any atom is 0.338 e. The Morgan fingerprint density at radius 1 is 1.19 bits per heavy atom. The molecule has 108 valence electrons. The van der Waals surface area contributed by atoms with E-state index in [4.69, 9.17) is 5.11 Å². The monoisotopic (exact) mass is 302 g/mol. The Labute approximate surface area is 126 Å². The van der Waals surface area contributed by atoms with Crippen molar-refractivity contribution in [1.82, 2.24) is 4.98 Å². The lowest BCUT2D eigenvalue weighted by molar-refractivity contribution is -0.115. The molecule has 2 aromatic rings. The summed E-state index contributed by atoms with van der Waals surface area (Å²) in [6.07, 6.45) is 1.51. The largest absolute Gasteiger partial charge is 0.478 e. The number of pyridine rings is 1. The van der Waals surface area contributed by atoms with Crippen LogP contribution in [0.2, 0.25) is 0 Å². The van der Waals surface area contributed by atoms with Gasteiger partial charge in [0.25, 0.3) is 0 Å². The molecule has 0 bridgehead atoms. The van der Waals surface area contributed by atoms with Crippen LogP contribution in [-0.2, 0) is 4.79 Å². The third-order valence-corrected chi connectivity index (χ3v) is 3.82. The first kappa shape index (κ1) is 15.1. The van der Waals surface area contributed by atoms with Crippen LogP contribution in [0.15, 0.2) is 53.7 Å². The molecule has 1 aromatic heterocycles. The van der Waals surface area contributed by atoms with Crippen LogP contribution in [0.1, 0.15) is 17.3 Å². The molecule has 0 aliphatic rings.